The molecule has 72 valence electrons. The van der Waals surface area contributed by atoms with Gasteiger partial charge < -0.3 is 10.6 Å². The quantitative estimate of drug-likeness (QED) is 0.643. The maximum atomic E-state index is 9.47. The number of nitrogens with two attached hydrogens (primary N) is 1. The normalized spacial score (nSPS) is 8.67. The fraction of sp³-hybridized carbons (Fsp3) is 0.667. The van der Waals surface area contributed by atoms with Gasteiger partial charge in [0.05, 0.1) is 0 Å². The average Bonchev–Trinajstić information content (AvgIpc) is 2.02. The maximum Gasteiger partial charge on any atom is 0.240 e. The maximum absolute atomic E-state index is 9.47. The van der Waals surface area contributed by atoms with Crippen molar-refractivity contribution in [1.29, 1.82) is 0 Å². The van der Waals surface area contributed by atoms with E-state index in [0.29, 0.717) is 0 Å². The van der Waals surface area contributed by atoms with E-state index in [1.807, 2.05) is 0 Å². The third-order valence-electron chi connectivity index (χ3n) is 1.16. The smallest absolute Gasteiger partial charge is 0.240 e. The minimum Gasteiger partial charge on any atom is -0.366 e. The largest absolute Gasteiger partial charge is 0.366 e. The van der Waals surface area contributed by atoms with Gasteiger partial charge in [-0.05, 0) is 33.1 Å². The summed E-state index contributed by atoms with van der Waals surface area (Å²) in [5.74, 6) is -0.481. The first kappa shape index (κ1) is 13.7. The number of hydrogen-bond donors (Lipinski definition) is 1. The van der Waals surface area contributed by atoms with Crippen molar-refractivity contribution in [2.75, 3.05) is 20.6 Å². The van der Waals surface area contributed by atoms with Gasteiger partial charge in [-0.15, -0.1) is 0 Å². The van der Waals surface area contributed by atoms with Gasteiger partial charge in [0.2, 0.25) is 5.91 Å². The van der Waals surface area contributed by atoms with Crippen molar-refractivity contribution in [3.63, 3.8) is 0 Å². The van der Waals surface area contributed by atoms with Crippen molar-refractivity contribution >= 4 is 5.91 Å². The van der Waals surface area contributed by atoms with Gasteiger partial charge in [0.1, 0.15) is 0 Å². The summed E-state index contributed by atoms with van der Waals surface area (Å²) < 4.78 is 0. The van der Waals surface area contributed by atoms with Crippen LogP contribution in [0.5, 0.6) is 0 Å². The summed E-state index contributed by atoms with van der Waals surface area (Å²) in [4.78, 5) is 11.7. The number of amides is 1. The van der Waals surface area contributed by atoms with Gasteiger partial charge in [-0.3, -0.25) is 4.79 Å². The molecular weight excluding hydrogens is 152 g/mol. The molecule has 0 aromatic rings. The molecule has 0 aromatic carbocycles. The number of unbranched alkanes of at least 4 members (excludes halogenated alkanes) is 1. The van der Waals surface area contributed by atoms with E-state index < -0.39 is 5.91 Å². The standard InChI is InChI=1S/C6H15N.C3H5NO/c1-4-5-6-7(2)3;1-2-3(4)5/h4-6H2,1-3H3;2H,1H2,(H2,4,5). The summed E-state index contributed by atoms with van der Waals surface area (Å²) in [5, 5.41) is 0. The van der Waals surface area contributed by atoms with Gasteiger partial charge in [0.15, 0.2) is 0 Å². The van der Waals surface area contributed by atoms with E-state index in [9.17, 15) is 4.79 Å². The highest BCUT2D eigenvalue weighted by Gasteiger charge is 1.83. The zero-order valence-electron chi connectivity index (χ0n) is 8.34. The Morgan fingerprint density at radius 1 is 1.58 bits per heavy atom. The van der Waals surface area contributed by atoms with Crippen LogP contribution >= 0.6 is 0 Å². The van der Waals surface area contributed by atoms with E-state index in [2.05, 4.69) is 38.2 Å². The highest BCUT2D eigenvalue weighted by Crippen LogP contribution is 1.86. The van der Waals surface area contributed by atoms with E-state index in [4.69, 9.17) is 0 Å². The summed E-state index contributed by atoms with van der Waals surface area (Å²) >= 11 is 0. The summed E-state index contributed by atoms with van der Waals surface area (Å²) in [7, 11) is 4.21. The molecule has 0 aliphatic carbocycles. The lowest BCUT2D eigenvalue weighted by Crippen LogP contribution is -2.12. The fourth-order valence-electron chi connectivity index (χ4n) is 0.474. The summed E-state index contributed by atoms with van der Waals surface area (Å²) in [6, 6.07) is 0. The molecule has 2 N–H and O–H groups in total. The Bertz CT molecular complexity index is 122. The molecule has 0 aliphatic rings. The molecule has 12 heavy (non-hydrogen) atoms. The van der Waals surface area contributed by atoms with Crippen LogP contribution in [0.15, 0.2) is 12.7 Å². The SMILES string of the molecule is C=CC(N)=O.CCCCN(C)C. The first-order chi connectivity index (χ1) is 5.54. The van der Waals surface area contributed by atoms with Crippen molar-refractivity contribution in [2.24, 2.45) is 5.73 Å². The minimum atomic E-state index is -0.481. The monoisotopic (exact) mass is 172 g/mol. The molecule has 3 nitrogen and oxygen atoms in total. The fourth-order valence-corrected chi connectivity index (χ4v) is 0.474. The number of rotatable bonds is 4. The average molecular weight is 172 g/mol. The summed E-state index contributed by atoms with van der Waals surface area (Å²) in [6.45, 7) is 6.53. The number of carbonyl (C=O) groups is 1. The molecule has 1 amide bonds. The second-order valence-corrected chi connectivity index (χ2v) is 2.76. The van der Waals surface area contributed by atoms with E-state index in [1.165, 1.54) is 19.4 Å². The van der Waals surface area contributed by atoms with Gasteiger partial charge in [0.25, 0.3) is 0 Å². The Morgan fingerprint density at radius 2 is 2.00 bits per heavy atom. The van der Waals surface area contributed by atoms with Crippen LogP contribution in [-0.4, -0.2) is 31.4 Å². The van der Waals surface area contributed by atoms with Crippen molar-refractivity contribution in [1.82, 2.24) is 4.90 Å². The zero-order valence-corrected chi connectivity index (χ0v) is 8.34. The highest BCUT2D eigenvalue weighted by atomic mass is 16.1. The van der Waals surface area contributed by atoms with E-state index in [0.717, 1.165) is 6.08 Å². The number of carbonyl (C=O) groups excluding carboxylic acids is 1. The molecule has 0 spiro atoms. The van der Waals surface area contributed by atoms with Crippen molar-refractivity contribution in [2.45, 2.75) is 19.8 Å². The second kappa shape index (κ2) is 10.2. The molecular formula is C9H20N2O. The van der Waals surface area contributed by atoms with Crippen LogP contribution in [0.1, 0.15) is 19.8 Å². The van der Waals surface area contributed by atoms with Crippen LogP contribution in [0.3, 0.4) is 0 Å². The Kier molecular flexibility index (Phi) is 11.6. The number of nitrogens with zero attached hydrogens (tertiary/aromatic N) is 1. The molecule has 0 radical (unpaired) electrons. The van der Waals surface area contributed by atoms with Crippen molar-refractivity contribution in [3.05, 3.63) is 12.7 Å². The Morgan fingerprint density at radius 3 is 2.08 bits per heavy atom. The van der Waals surface area contributed by atoms with Gasteiger partial charge in [-0.1, -0.05) is 19.9 Å². The lowest BCUT2D eigenvalue weighted by atomic mass is 10.3. The van der Waals surface area contributed by atoms with Crippen LogP contribution in [-0.2, 0) is 4.79 Å². The minimum absolute atomic E-state index is 0.481. The van der Waals surface area contributed by atoms with Gasteiger partial charge in [-0.25, -0.2) is 0 Å². The topological polar surface area (TPSA) is 46.3 Å². The van der Waals surface area contributed by atoms with Crippen molar-refractivity contribution in [3.8, 4) is 0 Å². The predicted octanol–water partition coefficient (Wildman–Crippen LogP) is 1.01. The molecule has 0 bridgehead atoms. The van der Waals surface area contributed by atoms with Crippen molar-refractivity contribution < 1.29 is 4.79 Å². The molecule has 0 aromatic heterocycles. The number of hydrogen-bond acceptors (Lipinski definition) is 2. The van der Waals surface area contributed by atoms with Crippen LogP contribution in [0.2, 0.25) is 0 Å². The summed E-state index contributed by atoms with van der Waals surface area (Å²) in [6.07, 6.45) is 3.69. The van der Waals surface area contributed by atoms with Crippen LogP contribution in [0, 0.1) is 0 Å². The summed E-state index contributed by atoms with van der Waals surface area (Å²) in [5.41, 5.74) is 4.53. The van der Waals surface area contributed by atoms with E-state index in [1.54, 1.807) is 0 Å². The third kappa shape index (κ3) is 22.9. The first-order valence-corrected chi connectivity index (χ1v) is 4.11. The van der Waals surface area contributed by atoms with Crippen LogP contribution < -0.4 is 5.73 Å². The molecule has 0 saturated heterocycles. The lowest BCUT2D eigenvalue weighted by molar-refractivity contribution is -0.113. The molecule has 0 unspecified atom stereocenters. The van der Waals surface area contributed by atoms with E-state index in [-0.39, 0.29) is 0 Å². The Balaban J connectivity index is 0. The molecule has 0 fully saturated rings. The molecule has 0 aliphatic heterocycles. The van der Waals surface area contributed by atoms with Crippen LogP contribution in [0.25, 0.3) is 0 Å². The Labute approximate surface area is 75.2 Å². The number of primary amides is 1. The molecule has 0 saturated carbocycles. The second-order valence-electron chi connectivity index (χ2n) is 2.76. The zero-order chi connectivity index (χ0) is 9.98. The first-order valence-electron chi connectivity index (χ1n) is 4.11. The van der Waals surface area contributed by atoms with Gasteiger partial charge in [0, 0.05) is 0 Å². The molecule has 3 heteroatoms. The van der Waals surface area contributed by atoms with E-state index >= 15 is 0 Å². The predicted molar refractivity (Wildman–Crippen MR) is 52.9 cm³/mol. The highest BCUT2D eigenvalue weighted by molar-refractivity contribution is 5.84. The van der Waals surface area contributed by atoms with Gasteiger partial charge in [-0.2, -0.15) is 0 Å². The Hall–Kier alpha value is -0.830. The van der Waals surface area contributed by atoms with Crippen LogP contribution in [0.4, 0.5) is 0 Å². The molecule has 0 rings (SSSR count). The van der Waals surface area contributed by atoms with Gasteiger partial charge >= 0.3 is 0 Å². The third-order valence-corrected chi connectivity index (χ3v) is 1.16. The molecule has 0 atom stereocenters. The lowest BCUT2D eigenvalue weighted by Gasteiger charge is -2.05. The molecule has 0 heterocycles.